The van der Waals surface area contributed by atoms with Crippen LogP contribution in [0.5, 0.6) is 0 Å². The molecule has 5 rings (SSSR count). The molecule has 0 radical (unpaired) electrons. The first-order chi connectivity index (χ1) is 16.2. The summed E-state index contributed by atoms with van der Waals surface area (Å²) in [6.45, 7) is 4.24. The summed E-state index contributed by atoms with van der Waals surface area (Å²) in [7, 11) is 0. The van der Waals surface area contributed by atoms with Crippen molar-refractivity contribution in [1.29, 1.82) is 0 Å². The molecule has 2 aromatic carbocycles. The second-order valence-corrected chi connectivity index (χ2v) is 9.46. The third-order valence-corrected chi connectivity index (χ3v) is 7.60. The smallest absolute Gasteiger partial charge is 0.328 e. The molecule has 0 atom stereocenters. The van der Waals surface area contributed by atoms with Crippen molar-refractivity contribution in [2.75, 3.05) is 32.8 Å². The summed E-state index contributed by atoms with van der Waals surface area (Å²) in [6.07, 6.45) is 4.27. The number of amides is 3. The van der Waals surface area contributed by atoms with Gasteiger partial charge in [0.15, 0.2) is 0 Å². The topological polar surface area (TPSA) is 53.1 Å². The highest BCUT2D eigenvalue weighted by molar-refractivity contribution is 6.07. The largest absolute Gasteiger partial charge is 0.381 e. The molecular formula is C27H33N3O3. The van der Waals surface area contributed by atoms with Crippen molar-refractivity contribution in [3.63, 3.8) is 0 Å². The van der Waals surface area contributed by atoms with Crippen LogP contribution in [0.4, 0.5) is 4.79 Å². The van der Waals surface area contributed by atoms with Gasteiger partial charge < -0.3 is 14.5 Å². The van der Waals surface area contributed by atoms with Crippen LogP contribution in [0.2, 0.25) is 0 Å². The Bertz CT molecular complexity index is 951. The molecule has 6 heteroatoms. The van der Waals surface area contributed by atoms with Gasteiger partial charge in [0.05, 0.1) is 6.54 Å². The van der Waals surface area contributed by atoms with Crippen LogP contribution >= 0.6 is 0 Å². The molecule has 0 aromatic heterocycles. The van der Waals surface area contributed by atoms with Crippen molar-refractivity contribution in [1.82, 2.24) is 14.7 Å². The van der Waals surface area contributed by atoms with Crippen LogP contribution in [0.3, 0.4) is 0 Å². The van der Waals surface area contributed by atoms with E-state index in [1.54, 1.807) is 0 Å². The van der Waals surface area contributed by atoms with E-state index in [1.165, 1.54) is 10.5 Å². The van der Waals surface area contributed by atoms with Crippen LogP contribution in [0.15, 0.2) is 60.7 Å². The molecule has 0 N–H and O–H groups in total. The molecule has 3 fully saturated rings. The summed E-state index contributed by atoms with van der Waals surface area (Å²) in [6, 6.07) is 20.4. The summed E-state index contributed by atoms with van der Waals surface area (Å²) < 4.78 is 5.54. The van der Waals surface area contributed by atoms with Crippen molar-refractivity contribution >= 4 is 11.9 Å². The summed E-state index contributed by atoms with van der Waals surface area (Å²) in [5.74, 6) is -0.0176. The summed E-state index contributed by atoms with van der Waals surface area (Å²) >= 11 is 0. The molecule has 3 amide bonds. The Morgan fingerprint density at radius 1 is 0.848 bits per heavy atom. The highest BCUT2D eigenvalue weighted by Gasteiger charge is 2.57. The Hall–Kier alpha value is -2.70. The van der Waals surface area contributed by atoms with Crippen LogP contribution in [-0.4, -0.2) is 71.1 Å². The third-order valence-electron chi connectivity index (χ3n) is 7.60. The molecule has 0 unspecified atom stereocenters. The molecule has 3 saturated heterocycles. The van der Waals surface area contributed by atoms with E-state index in [2.05, 4.69) is 17.0 Å². The molecule has 3 aliphatic heterocycles. The van der Waals surface area contributed by atoms with Gasteiger partial charge >= 0.3 is 6.03 Å². The van der Waals surface area contributed by atoms with Crippen molar-refractivity contribution in [2.24, 2.45) is 0 Å². The van der Waals surface area contributed by atoms with Gasteiger partial charge in [-0.15, -0.1) is 0 Å². The Morgan fingerprint density at radius 3 is 2.09 bits per heavy atom. The molecule has 33 heavy (non-hydrogen) atoms. The quantitative estimate of drug-likeness (QED) is 0.634. The van der Waals surface area contributed by atoms with E-state index in [-0.39, 0.29) is 11.9 Å². The lowest BCUT2D eigenvalue weighted by Crippen LogP contribution is -2.58. The van der Waals surface area contributed by atoms with E-state index in [9.17, 15) is 9.59 Å². The molecule has 3 aliphatic rings. The number of rotatable bonds is 6. The standard InChI is InChI=1S/C27H33N3O3/c31-25-27(14-17-28(18-15-27)24-12-19-33-20-13-24)30(16-11-22-7-3-1-4-8-22)26(32)29(25)21-23-9-5-2-6-10-23/h1-10,24H,11-21H2. The van der Waals surface area contributed by atoms with Gasteiger partial charge in [0.1, 0.15) is 5.54 Å². The maximum atomic E-state index is 13.8. The van der Waals surface area contributed by atoms with E-state index < -0.39 is 5.54 Å². The average Bonchev–Trinajstić information content (AvgIpc) is 3.06. The van der Waals surface area contributed by atoms with Gasteiger partial charge in [0, 0.05) is 38.9 Å². The lowest BCUT2D eigenvalue weighted by molar-refractivity contribution is -0.136. The highest BCUT2D eigenvalue weighted by atomic mass is 16.5. The van der Waals surface area contributed by atoms with Crippen molar-refractivity contribution < 1.29 is 14.3 Å². The number of carbonyl (C=O) groups is 2. The summed E-state index contributed by atoms with van der Waals surface area (Å²) in [5.41, 5.74) is 1.45. The molecule has 0 aliphatic carbocycles. The predicted molar refractivity (Wildman–Crippen MR) is 127 cm³/mol. The van der Waals surface area contributed by atoms with Gasteiger partial charge in [0.2, 0.25) is 0 Å². The molecule has 3 heterocycles. The van der Waals surface area contributed by atoms with Crippen LogP contribution in [-0.2, 0) is 22.5 Å². The summed E-state index contributed by atoms with van der Waals surface area (Å²) in [4.78, 5) is 33.3. The minimum Gasteiger partial charge on any atom is -0.381 e. The molecule has 174 valence electrons. The monoisotopic (exact) mass is 447 g/mol. The number of imide groups is 1. The maximum absolute atomic E-state index is 13.8. The average molecular weight is 448 g/mol. The zero-order valence-corrected chi connectivity index (χ0v) is 19.2. The lowest BCUT2D eigenvalue weighted by Gasteiger charge is -2.45. The second-order valence-electron chi connectivity index (χ2n) is 9.46. The van der Waals surface area contributed by atoms with E-state index in [0.717, 1.165) is 51.1 Å². The van der Waals surface area contributed by atoms with Gasteiger partial charge in [-0.25, -0.2) is 4.79 Å². The first-order valence-electron chi connectivity index (χ1n) is 12.2. The Balaban J connectivity index is 1.36. The zero-order valence-electron chi connectivity index (χ0n) is 19.2. The third kappa shape index (κ3) is 4.42. The lowest BCUT2D eigenvalue weighted by atomic mass is 9.84. The SMILES string of the molecule is O=C1N(Cc2ccccc2)C(=O)C2(CCN(C3CCOCC3)CC2)N1CCc1ccccc1. The van der Waals surface area contributed by atoms with E-state index in [0.29, 0.717) is 32.0 Å². The van der Waals surface area contributed by atoms with E-state index in [4.69, 9.17) is 4.74 Å². The van der Waals surface area contributed by atoms with Gasteiger partial charge in [-0.1, -0.05) is 60.7 Å². The number of piperidine rings is 1. The van der Waals surface area contributed by atoms with Gasteiger partial charge in [-0.05, 0) is 43.2 Å². The van der Waals surface area contributed by atoms with Crippen molar-refractivity contribution in [3.05, 3.63) is 71.8 Å². The predicted octanol–water partition coefficient (Wildman–Crippen LogP) is 3.71. The fraction of sp³-hybridized carbons (Fsp3) is 0.481. The zero-order chi connectivity index (χ0) is 22.7. The number of benzene rings is 2. The molecule has 2 aromatic rings. The van der Waals surface area contributed by atoms with Crippen LogP contribution in [0.25, 0.3) is 0 Å². The fourth-order valence-corrected chi connectivity index (χ4v) is 5.68. The first kappa shape index (κ1) is 22.1. The van der Waals surface area contributed by atoms with Crippen molar-refractivity contribution in [3.8, 4) is 0 Å². The number of nitrogens with zero attached hydrogens (tertiary/aromatic N) is 3. The number of hydrogen-bond donors (Lipinski definition) is 0. The van der Waals surface area contributed by atoms with Gasteiger partial charge in [-0.3, -0.25) is 9.69 Å². The normalized spacial score (nSPS) is 21.8. The van der Waals surface area contributed by atoms with E-state index in [1.807, 2.05) is 53.4 Å². The minimum absolute atomic E-state index is 0.0176. The molecular weight excluding hydrogens is 414 g/mol. The van der Waals surface area contributed by atoms with Crippen LogP contribution in [0, 0.1) is 0 Å². The number of likely N-dealkylation sites (tertiary alicyclic amines) is 1. The minimum atomic E-state index is -0.720. The second kappa shape index (κ2) is 9.65. The summed E-state index contributed by atoms with van der Waals surface area (Å²) in [5, 5.41) is 0. The Labute approximate surface area is 196 Å². The first-order valence-corrected chi connectivity index (χ1v) is 12.2. The number of ether oxygens (including phenoxy) is 1. The number of urea groups is 1. The Kier molecular flexibility index (Phi) is 6.47. The van der Waals surface area contributed by atoms with Gasteiger partial charge in [0.25, 0.3) is 5.91 Å². The van der Waals surface area contributed by atoms with E-state index >= 15 is 0 Å². The molecule has 0 bridgehead atoms. The maximum Gasteiger partial charge on any atom is 0.328 e. The molecule has 0 saturated carbocycles. The van der Waals surface area contributed by atoms with Crippen molar-refractivity contribution in [2.45, 2.75) is 50.2 Å². The van der Waals surface area contributed by atoms with Crippen LogP contribution < -0.4 is 0 Å². The molecule has 1 spiro atoms. The van der Waals surface area contributed by atoms with Gasteiger partial charge in [-0.2, -0.15) is 0 Å². The highest BCUT2D eigenvalue weighted by Crippen LogP contribution is 2.39. The number of hydrogen-bond acceptors (Lipinski definition) is 4. The van der Waals surface area contributed by atoms with Crippen LogP contribution in [0.1, 0.15) is 36.8 Å². The number of carbonyl (C=O) groups excluding carboxylic acids is 2. The Morgan fingerprint density at radius 2 is 1.45 bits per heavy atom. The fourth-order valence-electron chi connectivity index (χ4n) is 5.68. The molecule has 6 nitrogen and oxygen atoms in total.